The van der Waals surface area contributed by atoms with Crippen molar-refractivity contribution in [1.82, 2.24) is 15.2 Å². The van der Waals surface area contributed by atoms with E-state index in [0.29, 0.717) is 57.0 Å². The summed E-state index contributed by atoms with van der Waals surface area (Å²) in [7, 11) is 0. The van der Waals surface area contributed by atoms with Gasteiger partial charge in [-0.15, -0.1) is 0 Å². The zero-order chi connectivity index (χ0) is 27.6. The molecule has 1 aliphatic rings. The van der Waals surface area contributed by atoms with Gasteiger partial charge in [0.25, 0.3) is 11.8 Å². The van der Waals surface area contributed by atoms with Crippen LogP contribution >= 0.6 is 0 Å². The Hall–Kier alpha value is -3.85. The highest BCUT2D eigenvalue weighted by Gasteiger charge is 2.32. The number of amides is 2. The van der Waals surface area contributed by atoms with Crippen LogP contribution in [-0.4, -0.2) is 47.9 Å². The van der Waals surface area contributed by atoms with Gasteiger partial charge in [-0.3, -0.25) is 9.59 Å². The molecule has 0 fully saturated rings. The predicted octanol–water partition coefficient (Wildman–Crippen LogP) is 5.88. The first kappa shape index (κ1) is 27.2. The molecule has 1 aliphatic heterocycles. The highest BCUT2D eigenvalue weighted by atomic mass is 19.4. The second-order valence-corrected chi connectivity index (χ2v) is 9.27. The maximum atomic E-state index is 13.4. The van der Waals surface area contributed by atoms with E-state index in [-0.39, 0.29) is 11.8 Å². The molecule has 4 rings (SSSR count). The number of aromatic amines is 1. The summed E-state index contributed by atoms with van der Waals surface area (Å²) in [5.74, 6) is -0.565. The van der Waals surface area contributed by atoms with Gasteiger partial charge in [-0.25, -0.2) is 0 Å². The van der Waals surface area contributed by atoms with Gasteiger partial charge in [0.15, 0.2) is 0 Å². The number of aryl methyl sites for hydroxylation is 1. The van der Waals surface area contributed by atoms with Crippen LogP contribution in [0.25, 0.3) is 22.8 Å². The van der Waals surface area contributed by atoms with Crippen LogP contribution in [0.3, 0.4) is 0 Å². The Morgan fingerprint density at radius 3 is 2.47 bits per heavy atom. The van der Waals surface area contributed by atoms with E-state index in [1.54, 1.807) is 37.3 Å². The van der Waals surface area contributed by atoms with Crippen molar-refractivity contribution in [2.45, 2.75) is 33.9 Å². The standard InChI is InChI=1S/C29H31F3N4O2/c1-5-36(6-2)14-13-33-28(38)25-17(3)24(34-18(25)4)16-22-26-21(11-8-12-23(26)35-27(22)37)19-9-7-10-20(15-19)29(30,31)32/h7-12,15-16,34H,5-6,13-14H2,1-4H3,(H,33,38)(H,35,37). The maximum absolute atomic E-state index is 13.4. The third-order valence-corrected chi connectivity index (χ3v) is 6.93. The van der Waals surface area contributed by atoms with E-state index in [4.69, 9.17) is 0 Å². The van der Waals surface area contributed by atoms with Crippen LogP contribution in [0.5, 0.6) is 0 Å². The summed E-state index contributed by atoms with van der Waals surface area (Å²) in [4.78, 5) is 31.4. The van der Waals surface area contributed by atoms with E-state index in [1.807, 2.05) is 6.92 Å². The molecular weight excluding hydrogens is 493 g/mol. The number of carbonyl (C=O) groups excluding carboxylic acids is 2. The Balaban J connectivity index is 1.70. The summed E-state index contributed by atoms with van der Waals surface area (Å²) in [6, 6.07) is 10.2. The molecule has 200 valence electrons. The Morgan fingerprint density at radius 1 is 1.08 bits per heavy atom. The van der Waals surface area contributed by atoms with Crippen LogP contribution in [0, 0.1) is 13.8 Å². The zero-order valence-electron chi connectivity index (χ0n) is 21.8. The van der Waals surface area contributed by atoms with E-state index in [0.717, 1.165) is 31.8 Å². The van der Waals surface area contributed by atoms with Crippen molar-refractivity contribution >= 4 is 29.2 Å². The number of carbonyl (C=O) groups is 2. The summed E-state index contributed by atoms with van der Waals surface area (Å²) >= 11 is 0. The van der Waals surface area contributed by atoms with E-state index < -0.39 is 11.7 Å². The minimum absolute atomic E-state index is 0.200. The number of nitrogens with one attached hydrogen (secondary N) is 3. The normalized spacial score (nSPS) is 14.2. The molecule has 0 bridgehead atoms. The number of hydrogen-bond donors (Lipinski definition) is 3. The van der Waals surface area contributed by atoms with Gasteiger partial charge in [0.05, 0.1) is 16.7 Å². The fourth-order valence-corrected chi connectivity index (χ4v) is 4.85. The number of halogens is 3. The molecule has 1 aromatic heterocycles. The van der Waals surface area contributed by atoms with Crippen molar-refractivity contribution in [1.29, 1.82) is 0 Å². The fourth-order valence-electron chi connectivity index (χ4n) is 4.85. The SMILES string of the molecule is CCN(CC)CCNC(=O)c1c(C)[nH]c(C=C2C(=O)Nc3cccc(-c4cccc(C(F)(F)F)c4)c32)c1C. The quantitative estimate of drug-likeness (QED) is 0.322. The molecule has 0 unspecified atom stereocenters. The summed E-state index contributed by atoms with van der Waals surface area (Å²) in [5, 5.41) is 5.78. The number of anilines is 1. The van der Waals surface area contributed by atoms with Gasteiger partial charge in [0.1, 0.15) is 0 Å². The third kappa shape index (κ3) is 5.38. The van der Waals surface area contributed by atoms with Crippen molar-refractivity contribution in [2.75, 3.05) is 31.5 Å². The number of rotatable bonds is 8. The molecule has 9 heteroatoms. The smallest absolute Gasteiger partial charge is 0.358 e. The number of benzene rings is 2. The van der Waals surface area contributed by atoms with Crippen LogP contribution < -0.4 is 10.6 Å². The molecule has 0 aliphatic carbocycles. The summed E-state index contributed by atoms with van der Waals surface area (Å²) in [6.45, 7) is 10.8. The van der Waals surface area contributed by atoms with Gasteiger partial charge >= 0.3 is 6.18 Å². The number of nitrogens with zero attached hydrogens (tertiary/aromatic N) is 1. The molecule has 3 N–H and O–H groups in total. The molecule has 0 atom stereocenters. The molecule has 2 heterocycles. The molecule has 2 amide bonds. The Kier molecular flexibility index (Phi) is 7.78. The molecule has 6 nitrogen and oxygen atoms in total. The molecular formula is C29H31F3N4O2. The predicted molar refractivity (Wildman–Crippen MR) is 144 cm³/mol. The van der Waals surface area contributed by atoms with Crippen LogP contribution in [0.2, 0.25) is 0 Å². The first-order valence-corrected chi connectivity index (χ1v) is 12.6. The summed E-state index contributed by atoms with van der Waals surface area (Å²) < 4.78 is 40.1. The van der Waals surface area contributed by atoms with Crippen LogP contribution in [0.1, 0.15) is 52.3 Å². The first-order valence-electron chi connectivity index (χ1n) is 12.6. The van der Waals surface area contributed by atoms with Crippen molar-refractivity contribution in [2.24, 2.45) is 0 Å². The lowest BCUT2D eigenvalue weighted by molar-refractivity contribution is -0.137. The average molecular weight is 525 g/mol. The van der Waals surface area contributed by atoms with Crippen molar-refractivity contribution < 1.29 is 22.8 Å². The highest BCUT2D eigenvalue weighted by Crippen LogP contribution is 2.42. The number of alkyl halides is 3. The molecule has 0 saturated carbocycles. The minimum Gasteiger partial charge on any atom is -0.358 e. The third-order valence-electron chi connectivity index (χ3n) is 6.93. The lowest BCUT2D eigenvalue weighted by Gasteiger charge is -2.18. The topological polar surface area (TPSA) is 77.2 Å². The molecule has 0 radical (unpaired) electrons. The maximum Gasteiger partial charge on any atom is 0.416 e. The highest BCUT2D eigenvalue weighted by molar-refractivity contribution is 6.36. The average Bonchev–Trinajstić information content (AvgIpc) is 3.35. The molecule has 38 heavy (non-hydrogen) atoms. The Labute approximate surface area is 219 Å². The fraction of sp³-hybridized carbons (Fsp3) is 0.310. The van der Waals surface area contributed by atoms with Gasteiger partial charge in [0.2, 0.25) is 0 Å². The van der Waals surface area contributed by atoms with Crippen molar-refractivity contribution in [3.8, 4) is 11.1 Å². The van der Waals surface area contributed by atoms with Crippen LogP contribution in [-0.2, 0) is 11.0 Å². The Morgan fingerprint density at radius 2 is 1.79 bits per heavy atom. The lowest BCUT2D eigenvalue weighted by Crippen LogP contribution is -2.35. The number of fused-ring (bicyclic) bond motifs is 1. The second-order valence-electron chi connectivity index (χ2n) is 9.27. The number of likely N-dealkylation sites (N-methyl/N-ethyl adjacent to an activating group) is 1. The monoisotopic (exact) mass is 524 g/mol. The van der Waals surface area contributed by atoms with Gasteiger partial charge in [-0.2, -0.15) is 13.2 Å². The van der Waals surface area contributed by atoms with Crippen LogP contribution in [0.15, 0.2) is 42.5 Å². The van der Waals surface area contributed by atoms with Gasteiger partial charge in [-0.1, -0.05) is 38.1 Å². The van der Waals surface area contributed by atoms with E-state index in [9.17, 15) is 22.8 Å². The largest absolute Gasteiger partial charge is 0.416 e. The lowest BCUT2D eigenvalue weighted by atomic mass is 9.93. The number of H-pyrrole nitrogens is 1. The van der Waals surface area contributed by atoms with Gasteiger partial charge in [-0.05, 0) is 67.9 Å². The van der Waals surface area contributed by atoms with Crippen molar-refractivity contribution in [3.05, 3.63) is 76.1 Å². The van der Waals surface area contributed by atoms with Crippen molar-refractivity contribution in [3.63, 3.8) is 0 Å². The summed E-state index contributed by atoms with van der Waals surface area (Å²) in [5.41, 5.74) is 3.91. The van der Waals surface area contributed by atoms with E-state index in [1.165, 1.54) is 6.07 Å². The number of hydrogen-bond acceptors (Lipinski definition) is 3. The minimum atomic E-state index is -4.48. The van der Waals surface area contributed by atoms with E-state index in [2.05, 4.69) is 34.4 Å². The molecule has 0 spiro atoms. The summed E-state index contributed by atoms with van der Waals surface area (Å²) in [6.07, 6.45) is -2.82. The molecule has 0 saturated heterocycles. The van der Waals surface area contributed by atoms with Gasteiger partial charge < -0.3 is 20.5 Å². The van der Waals surface area contributed by atoms with Gasteiger partial charge in [0, 0.05) is 35.7 Å². The number of aromatic nitrogens is 1. The second kappa shape index (κ2) is 10.9. The van der Waals surface area contributed by atoms with E-state index >= 15 is 0 Å². The first-order chi connectivity index (χ1) is 18.0. The zero-order valence-corrected chi connectivity index (χ0v) is 21.8. The molecule has 2 aromatic carbocycles. The van der Waals surface area contributed by atoms with Crippen LogP contribution in [0.4, 0.5) is 18.9 Å². The molecule has 3 aromatic rings. The Bertz CT molecular complexity index is 1400.